The Morgan fingerprint density at radius 2 is 1.68 bits per heavy atom. The Morgan fingerprint density at radius 1 is 0.950 bits per heavy atom. The van der Waals surface area contributed by atoms with E-state index in [1.807, 2.05) is 4.90 Å². The SMILES string of the molecule is CNC(=O)CCC1CCN(C(=O)CC[C@@H](C)C2CCC3C4C(O)CC5CC(O)CC[C@]5(C)C4CC(O)[C@@]32C)CC1. The average molecular weight is 561 g/mol. The molecule has 228 valence electrons. The quantitative estimate of drug-likeness (QED) is 0.374. The van der Waals surface area contributed by atoms with Gasteiger partial charge in [0.25, 0.3) is 0 Å². The van der Waals surface area contributed by atoms with E-state index in [9.17, 15) is 24.9 Å². The number of nitrogens with one attached hydrogen (secondary N) is 1. The van der Waals surface area contributed by atoms with Crippen LogP contribution in [-0.4, -0.2) is 70.5 Å². The first-order chi connectivity index (χ1) is 19.0. The summed E-state index contributed by atoms with van der Waals surface area (Å²) in [4.78, 5) is 26.7. The first-order valence-electron chi connectivity index (χ1n) is 16.5. The highest BCUT2D eigenvalue weighted by molar-refractivity contribution is 5.76. The van der Waals surface area contributed by atoms with E-state index in [4.69, 9.17) is 0 Å². The van der Waals surface area contributed by atoms with Gasteiger partial charge in [0.2, 0.25) is 11.8 Å². The summed E-state index contributed by atoms with van der Waals surface area (Å²) >= 11 is 0. The zero-order valence-corrected chi connectivity index (χ0v) is 25.5. The van der Waals surface area contributed by atoms with Crippen molar-refractivity contribution in [2.75, 3.05) is 20.1 Å². The third-order valence-electron chi connectivity index (χ3n) is 13.4. The first-order valence-corrected chi connectivity index (χ1v) is 16.5. The normalized spacial score (nSPS) is 44.3. The Hall–Kier alpha value is -1.18. The van der Waals surface area contributed by atoms with Crippen molar-refractivity contribution in [1.82, 2.24) is 10.2 Å². The zero-order chi connectivity index (χ0) is 28.8. The van der Waals surface area contributed by atoms with E-state index < -0.39 is 0 Å². The van der Waals surface area contributed by atoms with Gasteiger partial charge in [-0.15, -0.1) is 0 Å². The summed E-state index contributed by atoms with van der Waals surface area (Å²) in [7, 11) is 1.68. The number of nitrogens with zero attached hydrogens (tertiary/aromatic N) is 1. The number of carbonyl (C=O) groups is 2. The number of hydrogen-bond acceptors (Lipinski definition) is 5. The van der Waals surface area contributed by atoms with E-state index in [0.29, 0.717) is 48.3 Å². The molecule has 5 aliphatic rings. The maximum absolute atomic E-state index is 13.1. The number of amides is 2. The van der Waals surface area contributed by atoms with Gasteiger partial charge in [-0.2, -0.15) is 0 Å². The number of aliphatic hydroxyl groups is 3. The number of aliphatic hydroxyl groups excluding tert-OH is 3. The molecule has 1 heterocycles. The first kappa shape index (κ1) is 30.3. The van der Waals surface area contributed by atoms with Gasteiger partial charge in [-0.1, -0.05) is 20.8 Å². The van der Waals surface area contributed by atoms with Crippen LogP contribution in [0.25, 0.3) is 0 Å². The lowest BCUT2D eigenvalue weighted by Gasteiger charge is -2.63. The van der Waals surface area contributed by atoms with Crippen LogP contribution >= 0.6 is 0 Å². The summed E-state index contributed by atoms with van der Waals surface area (Å²) in [6.45, 7) is 8.56. The van der Waals surface area contributed by atoms with Crippen LogP contribution in [-0.2, 0) is 9.59 Å². The molecule has 4 saturated carbocycles. The molecule has 0 aromatic carbocycles. The minimum absolute atomic E-state index is 0.0947. The van der Waals surface area contributed by atoms with Gasteiger partial charge in [-0.05, 0) is 123 Å². The van der Waals surface area contributed by atoms with Crippen molar-refractivity contribution in [2.45, 2.75) is 123 Å². The van der Waals surface area contributed by atoms with Crippen molar-refractivity contribution >= 4 is 11.8 Å². The van der Waals surface area contributed by atoms with Crippen LogP contribution in [0.4, 0.5) is 0 Å². The standard InChI is InChI=1S/C33H56N2O5/c1-20(5-10-30(40)35-15-12-21(13-16-35)6-9-29(39)34-4)24-7-8-25-31-26(19-28(38)33(24,25)3)32(2)14-11-23(36)17-22(32)18-27(31)37/h20-28,31,36-38H,5-19H2,1-4H3,(H,34,39)/t20-,22?,23?,24?,25?,26?,27?,28?,31?,32+,33-/m1/s1. The molecule has 40 heavy (non-hydrogen) atoms. The molecule has 0 aromatic rings. The lowest BCUT2D eigenvalue weighted by atomic mass is 9.43. The highest BCUT2D eigenvalue weighted by Gasteiger charge is 2.65. The zero-order valence-electron chi connectivity index (χ0n) is 25.5. The van der Waals surface area contributed by atoms with Gasteiger partial charge in [-0.3, -0.25) is 9.59 Å². The molecular formula is C33H56N2O5. The molecule has 5 fully saturated rings. The summed E-state index contributed by atoms with van der Waals surface area (Å²) in [5.74, 6) is 2.79. The lowest BCUT2D eigenvalue weighted by molar-refractivity contribution is -0.207. The van der Waals surface area contributed by atoms with Crippen molar-refractivity contribution in [3.05, 3.63) is 0 Å². The van der Waals surface area contributed by atoms with Crippen LogP contribution in [0.1, 0.15) is 104 Å². The molecule has 11 atom stereocenters. The Bertz CT molecular complexity index is 921. The highest BCUT2D eigenvalue weighted by Crippen LogP contribution is 2.68. The topological polar surface area (TPSA) is 110 Å². The summed E-state index contributed by atoms with van der Waals surface area (Å²) in [5, 5.41) is 36.3. The number of carbonyl (C=O) groups excluding carboxylic acids is 2. The van der Waals surface area contributed by atoms with Crippen LogP contribution in [0.5, 0.6) is 0 Å². The number of likely N-dealkylation sites (tertiary alicyclic amines) is 1. The predicted octanol–water partition coefficient (Wildman–Crippen LogP) is 4.13. The maximum Gasteiger partial charge on any atom is 0.222 e. The summed E-state index contributed by atoms with van der Waals surface area (Å²) in [6, 6.07) is 0. The molecule has 8 unspecified atom stereocenters. The van der Waals surface area contributed by atoms with E-state index in [2.05, 4.69) is 26.1 Å². The van der Waals surface area contributed by atoms with Gasteiger partial charge >= 0.3 is 0 Å². The van der Waals surface area contributed by atoms with E-state index in [0.717, 1.165) is 83.7 Å². The minimum Gasteiger partial charge on any atom is -0.393 e. The molecule has 7 nitrogen and oxygen atoms in total. The van der Waals surface area contributed by atoms with Gasteiger partial charge in [0.1, 0.15) is 0 Å². The third-order valence-corrected chi connectivity index (χ3v) is 13.4. The smallest absolute Gasteiger partial charge is 0.222 e. The second kappa shape index (κ2) is 11.8. The molecule has 0 spiro atoms. The number of fused-ring (bicyclic) bond motifs is 5. The Balaban J connectivity index is 1.18. The van der Waals surface area contributed by atoms with Gasteiger partial charge in [-0.25, -0.2) is 0 Å². The lowest BCUT2D eigenvalue weighted by Crippen LogP contribution is -2.62. The molecule has 5 rings (SSSR count). The number of hydrogen-bond donors (Lipinski definition) is 4. The molecule has 7 heteroatoms. The van der Waals surface area contributed by atoms with Crippen molar-refractivity contribution in [2.24, 2.45) is 52.3 Å². The van der Waals surface area contributed by atoms with E-state index >= 15 is 0 Å². The van der Waals surface area contributed by atoms with Crippen LogP contribution in [0.2, 0.25) is 0 Å². The van der Waals surface area contributed by atoms with Crippen molar-refractivity contribution in [3.63, 3.8) is 0 Å². The Kier molecular flexibility index (Phi) is 8.96. The van der Waals surface area contributed by atoms with Crippen LogP contribution < -0.4 is 5.32 Å². The molecular weight excluding hydrogens is 504 g/mol. The second-order valence-corrected chi connectivity index (χ2v) is 15.1. The Labute approximate surface area is 241 Å². The number of piperidine rings is 1. The van der Waals surface area contributed by atoms with Gasteiger partial charge in [0.15, 0.2) is 0 Å². The fourth-order valence-corrected chi connectivity index (χ4v) is 10.8. The maximum atomic E-state index is 13.1. The largest absolute Gasteiger partial charge is 0.393 e. The van der Waals surface area contributed by atoms with Crippen LogP contribution in [0, 0.1) is 52.3 Å². The van der Waals surface area contributed by atoms with Crippen molar-refractivity contribution in [3.8, 4) is 0 Å². The molecule has 0 radical (unpaired) electrons. The van der Waals surface area contributed by atoms with Crippen LogP contribution in [0.3, 0.4) is 0 Å². The summed E-state index contributed by atoms with van der Waals surface area (Å²) in [5.41, 5.74) is -0.122. The predicted molar refractivity (Wildman–Crippen MR) is 155 cm³/mol. The second-order valence-electron chi connectivity index (χ2n) is 15.1. The van der Waals surface area contributed by atoms with E-state index in [1.165, 1.54) is 0 Å². The monoisotopic (exact) mass is 560 g/mol. The van der Waals surface area contributed by atoms with Gasteiger partial charge in [0.05, 0.1) is 18.3 Å². The molecule has 0 aromatic heterocycles. The van der Waals surface area contributed by atoms with Gasteiger partial charge in [0, 0.05) is 33.0 Å². The Morgan fingerprint density at radius 3 is 2.38 bits per heavy atom. The molecule has 1 saturated heterocycles. The summed E-state index contributed by atoms with van der Waals surface area (Å²) in [6.07, 6.45) is 10.2. The fourth-order valence-electron chi connectivity index (χ4n) is 10.8. The highest BCUT2D eigenvalue weighted by atomic mass is 16.3. The van der Waals surface area contributed by atoms with Gasteiger partial charge < -0.3 is 25.5 Å². The summed E-state index contributed by atoms with van der Waals surface area (Å²) < 4.78 is 0. The minimum atomic E-state index is -0.382. The average Bonchev–Trinajstić information content (AvgIpc) is 3.30. The molecule has 4 aliphatic carbocycles. The van der Waals surface area contributed by atoms with Crippen molar-refractivity contribution in [1.29, 1.82) is 0 Å². The third kappa shape index (κ3) is 5.37. The molecule has 0 bridgehead atoms. The van der Waals surface area contributed by atoms with E-state index in [1.54, 1.807) is 7.05 Å². The molecule has 4 N–H and O–H groups in total. The number of rotatable bonds is 7. The van der Waals surface area contributed by atoms with E-state index in [-0.39, 0.29) is 46.9 Å². The van der Waals surface area contributed by atoms with Crippen LogP contribution in [0.15, 0.2) is 0 Å². The fraction of sp³-hybridized carbons (Fsp3) is 0.939. The molecule has 2 amide bonds. The van der Waals surface area contributed by atoms with Crippen molar-refractivity contribution < 1.29 is 24.9 Å². The molecule has 1 aliphatic heterocycles.